The van der Waals surface area contributed by atoms with Crippen LogP contribution >= 0.6 is 11.6 Å². The molecule has 3 aromatic rings. The maximum Gasteiger partial charge on any atom is 0.255 e. The molecule has 6 heteroatoms. The summed E-state index contributed by atoms with van der Waals surface area (Å²) in [5, 5.41) is 5.43. The van der Waals surface area contributed by atoms with Gasteiger partial charge in [0.15, 0.2) is 0 Å². The van der Waals surface area contributed by atoms with Gasteiger partial charge in [-0.3, -0.25) is 20.0 Å². The van der Waals surface area contributed by atoms with E-state index in [1.54, 1.807) is 24.3 Å². The zero-order valence-electron chi connectivity index (χ0n) is 14.6. The summed E-state index contributed by atoms with van der Waals surface area (Å²) in [7, 11) is 0. The third kappa shape index (κ3) is 2.56. The average Bonchev–Trinajstić information content (AvgIpc) is 2.74. The van der Waals surface area contributed by atoms with Crippen molar-refractivity contribution in [2.45, 2.75) is 0 Å². The van der Waals surface area contributed by atoms with Gasteiger partial charge >= 0.3 is 0 Å². The summed E-state index contributed by atoms with van der Waals surface area (Å²) in [6.45, 7) is 0. The quantitative estimate of drug-likeness (QED) is 0.643. The average molecular weight is 388 g/mol. The van der Waals surface area contributed by atoms with Crippen molar-refractivity contribution in [2.75, 3.05) is 10.7 Å². The second-order valence-electron chi connectivity index (χ2n) is 6.55. The first kappa shape index (κ1) is 16.6. The first-order valence-corrected chi connectivity index (χ1v) is 9.12. The third-order valence-electron chi connectivity index (χ3n) is 4.81. The Morgan fingerprint density at radius 1 is 0.821 bits per heavy atom. The Labute approximate surface area is 165 Å². The number of rotatable bonds is 5. The summed E-state index contributed by atoms with van der Waals surface area (Å²) in [6, 6.07) is 16.9. The molecule has 2 bridgehead atoms. The van der Waals surface area contributed by atoms with Crippen LogP contribution in [-0.4, -0.2) is 5.01 Å². The molecule has 136 valence electrons. The molecule has 2 aliphatic rings. The maximum absolute atomic E-state index is 12.2. The van der Waals surface area contributed by atoms with Crippen molar-refractivity contribution < 1.29 is 0 Å². The molecule has 0 amide bonds. The number of allylic oxidation sites excluding steroid dienone is 4. The topological polar surface area (TPSA) is 61.4 Å². The molecule has 0 saturated carbocycles. The van der Waals surface area contributed by atoms with Crippen LogP contribution in [0.5, 0.6) is 0 Å². The van der Waals surface area contributed by atoms with Gasteiger partial charge in [0.2, 0.25) is 0 Å². The first-order chi connectivity index (χ1) is 13.6. The molecule has 2 aliphatic heterocycles. The van der Waals surface area contributed by atoms with Crippen molar-refractivity contribution >= 4 is 34.2 Å². The number of anilines is 3. The number of hydrazine groups is 1. The molecule has 0 atom stereocenters. The Morgan fingerprint density at radius 3 is 2.25 bits per heavy atom. The van der Waals surface area contributed by atoms with Crippen molar-refractivity contribution in [3.05, 3.63) is 115 Å². The van der Waals surface area contributed by atoms with Crippen molar-refractivity contribution in [3.63, 3.8) is 0 Å². The molecule has 0 radical (unpaired) electrons. The van der Waals surface area contributed by atoms with Crippen LogP contribution in [0, 0.1) is 0 Å². The Balaban J connectivity index is 1.39. The summed E-state index contributed by atoms with van der Waals surface area (Å²) in [4.78, 5) is 24.2. The molecule has 2 heterocycles. The monoisotopic (exact) mass is 387 g/mol. The van der Waals surface area contributed by atoms with Crippen molar-refractivity contribution in [2.24, 2.45) is 0 Å². The number of hydrogen-bond acceptors (Lipinski definition) is 5. The van der Waals surface area contributed by atoms with Crippen molar-refractivity contribution in [1.82, 2.24) is 5.01 Å². The molecule has 5 nitrogen and oxygen atoms in total. The summed E-state index contributed by atoms with van der Waals surface area (Å²) in [5.74, 6) is 0. The molecule has 0 aromatic heterocycles. The lowest BCUT2D eigenvalue weighted by Crippen LogP contribution is -2.44. The van der Waals surface area contributed by atoms with E-state index >= 15 is 0 Å². The Morgan fingerprint density at radius 2 is 1.54 bits per heavy atom. The number of hydrogen-bond donors (Lipinski definition) is 2. The Kier molecular flexibility index (Phi) is 3.70. The lowest BCUT2D eigenvalue weighted by atomic mass is 9.93. The van der Waals surface area contributed by atoms with Gasteiger partial charge in [-0.1, -0.05) is 48.0 Å². The molecular formula is C22H14ClN3O2. The van der Waals surface area contributed by atoms with Crippen LogP contribution in [0.2, 0.25) is 5.02 Å². The Bertz CT molecular complexity index is 1240. The number of halogens is 1. The highest BCUT2D eigenvalue weighted by atomic mass is 35.5. The molecule has 0 saturated heterocycles. The highest BCUT2D eigenvalue weighted by Crippen LogP contribution is 2.41. The van der Waals surface area contributed by atoms with Gasteiger partial charge in [0.25, 0.3) is 10.9 Å². The molecule has 3 aromatic carbocycles. The second-order valence-corrected chi connectivity index (χ2v) is 6.99. The predicted octanol–water partition coefficient (Wildman–Crippen LogP) is 4.19. The van der Waals surface area contributed by atoms with Crippen LogP contribution in [0.4, 0.5) is 17.1 Å². The fourth-order valence-corrected chi connectivity index (χ4v) is 3.44. The molecule has 0 aliphatic carbocycles. The normalized spacial score (nSPS) is 14.8. The number of fused-ring (bicyclic) bond motifs is 2. The second kappa shape index (κ2) is 6.25. The van der Waals surface area contributed by atoms with E-state index < -0.39 is 10.9 Å². The Hall–Kier alpha value is -3.57. The van der Waals surface area contributed by atoms with Gasteiger partial charge in [-0.15, -0.1) is 0 Å². The van der Waals surface area contributed by atoms with Crippen LogP contribution in [0.3, 0.4) is 0 Å². The maximum atomic E-state index is 12.2. The van der Waals surface area contributed by atoms with Gasteiger partial charge in [0.05, 0.1) is 11.4 Å². The predicted molar refractivity (Wildman–Crippen MR) is 112 cm³/mol. The molecule has 0 spiro atoms. The lowest BCUT2D eigenvalue weighted by molar-refractivity contribution is 0.496. The summed E-state index contributed by atoms with van der Waals surface area (Å²) in [5.41, 5.74) is 7.23. The minimum atomic E-state index is -0.537. The zero-order chi connectivity index (χ0) is 19.3. The van der Waals surface area contributed by atoms with Gasteiger partial charge in [-0.05, 0) is 42.0 Å². The van der Waals surface area contributed by atoms with Crippen LogP contribution < -0.4 is 21.6 Å². The van der Waals surface area contributed by atoms with Gasteiger partial charge in [0, 0.05) is 16.3 Å². The molecular weight excluding hydrogens is 374 g/mol. The number of benzene rings is 2. The first-order valence-electron chi connectivity index (χ1n) is 8.74. The van der Waals surface area contributed by atoms with E-state index in [4.69, 9.17) is 11.6 Å². The lowest BCUT2D eigenvalue weighted by Gasteiger charge is -2.40. The fourth-order valence-electron chi connectivity index (χ4n) is 3.31. The van der Waals surface area contributed by atoms with E-state index in [1.165, 1.54) is 0 Å². The summed E-state index contributed by atoms with van der Waals surface area (Å²) < 4.78 is 0. The van der Waals surface area contributed by atoms with Gasteiger partial charge < -0.3 is 5.32 Å². The highest BCUT2D eigenvalue weighted by Gasteiger charge is 2.32. The summed E-state index contributed by atoms with van der Waals surface area (Å²) >= 11 is 5.89. The van der Waals surface area contributed by atoms with Crippen LogP contribution in [0.1, 0.15) is 5.56 Å². The molecule has 0 unspecified atom stereocenters. The largest absolute Gasteiger partial charge is 0.350 e. The van der Waals surface area contributed by atoms with Crippen LogP contribution in [0.25, 0.3) is 5.57 Å². The van der Waals surface area contributed by atoms with E-state index in [-0.39, 0.29) is 11.4 Å². The van der Waals surface area contributed by atoms with E-state index in [0.717, 1.165) is 22.5 Å². The number of nitrogens with zero attached hydrogens (tertiary/aromatic N) is 1. The fraction of sp³-hybridized carbons (Fsp3) is 0. The summed E-state index contributed by atoms with van der Waals surface area (Å²) in [6.07, 6.45) is 6.06. The van der Waals surface area contributed by atoms with Gasteiger partial charge in [-0.25, -0.2) is 0 Å². The van der Waals surface area contributed by atoms with Crippen LogP contribution in [0.15, 0.2) is 93.8 Å². The molecule has 5 rings (SSSR count). The van der Waals surface area contributed by atoms with E-state index in [1.807, 2.05) is 53.6 Å². The van der Waals surface area contributed by atoms with E-state index in [9.17, 15) is 9.59 Å². The van der Waals surface area contributed by atoms with E-state index in [2.05, 4.69) is 10.7 Å². The third-order valence-corrected chi connectivity index (χ3v) is 5.06. The minimum Gasteiger partial charge on any atom is -0.350 e. The van der Waals surface area contributed by atoms with Crippen LogP contribution in [-0.2, 0) is 0 Å². The van der Waals surface area contributed by atoms with Gasteiger partial charge in [-0.2, -0.15) is 0 Å². The SMILES string of the molecule is O=c1c(Nc2ccc(Cl)cc2)c(NN2c3ccc(-c4ccccc4)c2c3)c1=O. The highest BCUT2D eigenvalue weighted by molar-refractivity contribution is 6.30. The standard InChI is InChI=1S/C22H14ClN3O2/c23-14-6-8-15(9-7-14)24-19-20(22(28)21(19)27)25-26-16-10-11-17(18(26)12-16)13-4-2-1-3-5-13/h1-12,24-25H. The van der Waals surface area contributed by atoms with E-state index in [0.29, 0.717) is 10.7 Å². The molecule has 28 heavy (non-hydrogen) atoms. The number of nitrogens with one attached hydrogen (secondary N) is 2. The van der Waals surface area contributed by atoms with Crippen molar-refractivity contribution in [3.8, 4) is 0 Å². The minimum absolute atomic E-state index is 0.253. The van der Waals surface area contributed by atoms with Crippen molar-refractivity contribution in [1.29, 1.82) is 0 Å². The van der Waals surface area contributed by atoms with Gasteiger partial charge in [0.1, 0.15) is 11.4 Å². The molecule has 2 N–H and O–H groups in total. The zero-order valence-corrected chi connectivity index (χ0v) is 15.3. The molecule has 0 fully saturated rings. The smallest absolute Gasteiger partial charge is 0.255 e.